The summed E-state index contributed by atoms with van der Waals surface area (Å²) in [5.74, 6) is 0.504. The number of benzene rings is 3. The van der Waals surface area contributed by atoms with Crippen LogP contribution in [0.1, 0.15) is 32.3 Å². The standard InChI is InChI=1S/C27H27N3O3/c1-3-30-24-7-5-4-6-22(24)23-15-20(9-11-25(23)30)29-27(32)14-18(2)12-13-33-21-10-8-19(17-28)26(31)16-21/h4-11,15-16,18,31H,3,12-14H2,1-2H3,(H,29,32). The molecule has 0 bridgehead atoms. The van der Waals surface area contributed by atoms with Crippen LogP contribution in [0, 0.1) is 17.2 Å². The van der Waals surface area contributed by atoms with Crippen molar-refractivity contribution < 1.29 is 14.6 Å². The third-order valence-corrected chi connectivity index (χ3v) is 5.88. The van der Waals surface area contributed by atoms with Crippen LogP contribution in [0.4, 0.5) is 5.69 Å². The predicted molar refractivity (Wildman–Crippen MR) is 130 cm³/mol. The molecule has 2 N–H and O–H groups in total. The molecule has 1 amide bonds. The van der Waals surface area contributed by atoms with Gasteiger partial charge >= 0.3 is 0 Å². The van der Waals surface area contributed by atoms with E-state index in [0.29, 0.717) is 25.2 Å². The van der Waals surface area contributed by atoms with E-state index in [1.165, 1.54) is 23.0 Å². The van der Waals surface area contributed by atoms with Crippen molar-refractivity contribution in [3.63, 3.8) is 0 Å². The fourth-order valence-electron chi connectivity index (χ4n) is 4.18. The van der Waals surface area contributed by atoms with Gasteiger partial charge in [-0.15, -0.1) is 0 Å². The van der Waals surface area contributed by atoms with Gasteiger partial charge in [-0.2, -0.15) is 5.26 Å². The minimum absolute atomic E-state index is 0.0305. The first-order valence-corrected chi connectivity index (χ1v) is 11.2. The highest BCUT2D eigenvalue weighted by Crippen LogP contribution is 2.31. The van der Waals surface area contributed by atoms with Crippen LogP contribution < -0.4 is 10.1 Å². The first kappa shape index (κ1) is 22.2. The fourth-order valence-corrected chi connectivity index (χ4v) is 4.18. The van der Waals surface area contributed by atoms with Gasteiger partial charge in [-0.25, -0.2) is 0 Å². The van der Waals surface area contributed by atoms with E-state index in [2.05, 4.69) is 35.0 Å². The second kappa shape index (κ2) is 9.66. The van der Waals surface area contributed by atoms with Gasteiger partial charge in [0.05, 0.1) is 12.2 Å². The first-order valence-electron chi connectivity index (χ1n) is 11.2. The number of anilines is 1. The zero-order valence-corrected chi connectivity index (χ0v) is 18.8. The normalized spacial score (nSPS) is 11.9. The number of aryl methyl sites for hydroxylation is 1. The lowest BCUT2D eigenvalue weighted by molar-refractivity contribution is -0.117. The van der Waals surface area contributed by atoms with Crippen LogP contribution in [0.25, 0.3) is 21.8 Å². The number of para-hydroxylation sites is 1. The van der Waals surface area contributed by atoms with Crippen LogP contribution in [0.3, 0.4) is 0 Å². The second-order valence-corrected chi connectivity index (χ2v) is 8.28. The van der Waals surface area contributed by atoms with Gasteiger partial charge in [0.2, 0.25) is 5.91 Å². The number of rotatable bonds is 8. The van der Waals surface area contributed by atoms with Crippen LogP contribution in [0.15, 0.2) is 60.7 Å². The molecule has 0 aliphatic rings. The second-order valence-electron chi connectivity index (χ2n) is 8.28. The number of hydrogen-bond donors (Lipinski definition) is 2. The monoisotopic (exact) mass is 441 g/mol. The van der Waals surface area contributed by atoms with Gasteiger partial charge in [0.15, 0.2) is 0 Å². The molecular weight excluding hydrogens is 414 g/mol. The molecule has 0 fully saturated rings. The van der Waals surface area contributed by atoms with Gasteiger partial charge in [-0.3, -0.25) is 4.79 Å². The lowest BCUT2D eigenvalue weighted by Gasteiger charge is -2.13. The Kier molecular flexibility index (Phi) is 6.50. The van der Waals surface area contributed by atoms with Crippen molar-refractivity contribution in [2.75, 3.05) is 11.9 Å². The first-order chi connectivity index (χ1) is 16.0. The summed E-state index contributed by atoms with van der Waals surface area (Å²) in [4.78, 5) is 12.6. The highest BCUT2D eigenvalue weighted by molar-refractivity contribution is 6.09. The Morgan fingerprint density at radius 2 is 1.91 bits per heavy atom. The lowest BCUT2D eigenvalue weighted by Crippen LogP contribution is -2.16. The molecule has 33 heavy (non-hydrogen) atoms. The highest BCUT2D eigenvalue weighted by Gasteiger charge is 2.13. The van der Waals surface area contributed by atoms with Crippen LogP contribution in [0.2, 0.25) is 0 Å². The maximum absolute atomic E-state index is 12.6. The molecule has 0 saturated heterocycles. The molecule has 6 nitrogen and oxygen atoms in total. The average molecular weight is 442 g/mol. The lowest BCUT2D eigenvalue weighted by atomic mass is 10.0. The Labute approximate surface area is 193 Å². The largest absolute Gasteiger partial charge is 0.506 e. The summed E-state index contributed by atoms with van der Waals surface area (Å²) in [6.45, 7) is 5.45. The van der Waals surface area contributed by atoms with Crippen LogP contribution in [0.5, 0.6) is 11.5 Å². The van der Waals surface area contributed by atoms with Gasteiger partial charge < -0.3 is 19.7 Å². The number of hydrogen-bond acceptors (Lipinski definition) is 4. The molecule has 6 heteroatoms. The van der Waals surface area contributed by atoms with Crippen molar-refractivity contribution in [3.05, 3.63) is 66.2 Å². The summed E-state index contributed by atoms with van der Waals surface area (Å²) in [6, 6.07) is 20.9. The molecular formula is C27H27N3O3. The summed E-state index contributed by atoms with van der Waals surface area (Å²) < 4.78 is 7.94. The number of nitrogens with zero attached hydrogens (tertiary/aromatic N) is 2. The van der Waals surface area contributed by atoms with Gasteiger partial charge in [0.25, 0.3) is 0 Å². The number of nitriles is 1. The zero-order chi connectivity index (χ0) is 23.4. The van der Waals surface area contributed by atoms with E-state index in [4.69, 9.17) is 10.00 Å². The smallest absolute Gasteiger partial charge is 0.224 e. The molecule has 1 atom stereocenters. The van der Waals surface area contributed by atoms with E-state index in [1.807, 2.05) is 37.3 Å². The molecule has 0 saturated carbocycles. The molecule has 1 aromatic heterocycles. The van der Waals surface area contributed by atoms with Crippen LogP contribution >= 0.6 is 0 Å². The van der Waals surface area contributed by atoms with E-state index in [9.17, 15) is 9.90 Å². The fraction of sp³-hybridized carbons (Fsp3) is 0.259. The number of amides is 1. The summed E-state index contributed by atoms with van der Waals surface area (Å²) in [6.07, 6.45) is 1.08. The van der Waals surface area contributed by atoms with E-state index in [-0.39, 0.29) is 23.1 Å². The van der Waals surface area contributed by atoms with E-state index >= 15 is 0 Å². The third-order valence-electron chi connectivity index (χ3n) is 5.88. The van der Waals surface area contributed by atoms with Gasteiger partial charge in [0, 0.05) is 46.5 Å². The SMILES string of the molecule is CCn1c2ccccc2c2cc(NC(=O)CC(C)CCOc3ccc(C#N)c(O)c3)ccc21. The Morgan fingerprint density at radius 3 is 2.67 bits per heavy atom. The zero-order valence-electron chi connectivity index (χ0n) is 18.8. The van der Waals surface area contributed by atoms with Crippen molar-refractivity contribution in [3.8, 4) is 17.6 Å². The van der Waals surface area contributed by atoms with Crippen molar-refractivity contribution in [1.29, 1.82) is 5.26 Å². The number of phenolic OH excluding ortho intramolecular Hbond substituents is 1. The maximum Gasteiger partial charge on any atom is 0.224 e. The molecule has 1 unspecified atom stereocenters. The molecule has 168 valence electrons. The number of fused-ring (bicyclic) bond motifs is 3. The quantitative estimate of drug-likeness (QED) is 0.360. The van der Waals surface area contributed by atoms with Crippen LogP contribution in [-0.2, 0) is 11.3 Å². The minimum Gasteiger partial charge on any atom is -0.506 e. The molecule has 1 heterocycles. The Bertz CT molecular complexity index is 1350. The van der Waals surface area contributed by atoms with Gasteiger partial charge in [-0.05, 0) is 55.7 Å². The topological polar surface area (TPSA) is 87.3 Å². The number of carbonyl (C=O) groups is 1. The van der Waals surface area contributed by atoms with Crippen LogP contribution in [-0.4, -0.2) is 22.2 Å². The number of nitrogens with one attached hydrogen (secondary N) is 1. The summed E-state index contributed by atoms with van der Waals surface area (Å²) in [5.41, 5.74) is 3.37. The molecule has 0 aliphatic carbocycles. The third kappa shape index (κ3) is 4.78. The Morgan fingerprint density at radius 1 is 1.12 bits per heavy atom. The number of ether oxygens (including phenoxy) is 1. The summed E-state index contributed by atoms with van der Waals surface area (Å²) in [5, 5.41) is 24.0. The highest BCUT2D eigenvalue weighted by atomic mass is 16.5. The van der Waals surface area contributed by atoms with E-state index in [1.54, 1.807) is 6.07 Å². The van der Waals surface area contributed by atoms with E-state index in [0.717, 1.165) is 23.1 Å². The minimum atomic E-state index is -0.0959. The molecule has 0 aliphatic heterocycles. The summed E-state index contributed by atoms with van der Waals surface area (Å²) >= 11 is 0. The summed E-state index contributed by atoms with van der Waals surface area (Å²) in [7, 11) is 0. The van der Waals surface area contributed by atoms with E-state index < -0.39 is 0 Å². The number of carbonyl (C=O) groups excluding carboxylic acids is 1. The number of aromatic nitrogens is 1. The van der Waals surface area contributed by atoms with Crippen molar-refractivity contribution >= 4 is 33.4 Å². The number of phenols is 1. The molecule has 3 aromatic carbocycles. The average Bonchev–Trinajstić information content (AvgIpc) is 3.12. The Balaban J connectivity index is 1.35. The molecule has 0 spiro atoms. The van der Waals surface area contributed by atoms with Crippen molar-refractivity contribution in [1.82, 2.24) is 4.57 Å². The Hall–Kier alpha value is -3.98. The molecule has 4 aromatic rings. The molecule has 4 rings (SSSR count). The van der Waals surface area contributed by atoms with Crippen molar-refractivity contribution in [2.45, 2.75) is 33.2 Å². The van der Waals surface area contributed by atoms with Gasteiger partial charge in [-0.1, -0.05) is 25.1 Å². The van der Waals surface area contributed by atoms with Crippen molar-refractivity contribution in [2.24, 2.45) is 5.92 Å². The predicted octanol–water partition coefficient (Wildman–Crippen LogP) is 5.83. The maximum atomic E-state index is 12.6. The molecule has 0 radical (unpaired) electrons. The number of aromatic hydroxyl groups is 1. The van der Waals surface area contributed by atoms with Gasteiger partial charge in [0.1, 0.15) is 17.6 Å².